The molecule has 1 aliphatic heterocycles. The van der Waals surface area contributed by atoms with Crippen molar-refractivity contribution in [2.24, 2.45) is 4.99 Å². The average molecular weight is 373 g/mol. The summed E-state index contributed by atoms with van der Waals surface area (Å²) >= 11 is 5.25. The van der Waals surface area contributed by atoms with Gasteiger partial charge in [0.2, 0.25) is 0 Å². The van der Waals surface area contributed by atoms with Gasteiger partial charge in [0.25, 0.3) is 0 Å². The summed E-state index contributed by atoms with van der Waals surface area (Å²) in [6.07, 6.45) is 3.65. The van der Waals surface area contributed by atoms with Crippen molar-refractivity contribution in [1.29, 1.82) is 0 Å². The Bertz CT molecular complexity index is 452. The Morgan fingerprint density at radius 2 is 2.19 bits per heavy atom. The number of nitrogens with zero attached hydrogens (tertiary/aromatic N) is 2. The molecule has 0 unspecified atom stereocenters. The quantitative estimate of drug-likeness (QED) is 0.616. The van der Waals surface area contributed by atoms with E-state index in [0.717, 1.165) is 12.5 Å². The van der Waals surface area contributed by atoms with Crippen molar-refractivity contribution >= 4 is 33.2 Å². The lowest BCUT2D eigenvalue weighted by Gasteiger charge is -2.32. The summed E-state index contributed by atoms with van der Waals surface area (Å²) < 4.78 is 1.17. The molecule has 0 atom stereocenters. The van der Waals surface area contributed by atoms with Crippen molar-refractivity contribution < 1.29 is 0 Å². The van der Waals surface area contributed by atoms with Gasteiger partial charge in [-0.15, -0.1) is 11.3 Å². The van der Waals surface area contributed by atoms with Gasteiger partial charge in [-0.1, -0.05) is 6.92 Å². The van der Waals surface area contributed by atoms with Crippen LogP contribution in [-0.2, 0) is 6.54 Å². The normalized spacial score (nSPS) is 18.0. The van der Waals surface area contributed by atoms with Crippen LogP contribution in [0, 0.1) is 0 Å². The molecule has 1 aromatic rings. The summed E-state index contributed by atoms with van der Waals surface area (Å²) in [5.74, 6) is 0.911. The first-order valence-corrected chi connectivity index (χ1v) is 9.26. The highest BCUT2D eigenvalue weighted by molar-refractivity contribution is 9.11. The van der Waals surface area contributed by atoms with E-state index in [0.29, 0.717) is 6.04 Å². The van der Waals surface area contributed by atoms with Crippen LogP contribution in [0.4, 0.5) is 0 Å². The van der Waals surface area contributed by atoms with E-state index in [1.54, 1.807) is 11.3 Å². The SMILES string of the molecule is CCCN1CCC(NC(=NC)NCc2ccc(Br)s2)CC1. The van der Waals surface area contributed by atoms with Gasteiger partial charge >= 0.3 is 0 Å². The zero-order valence-electron chi connectivity index (χ0n) is 12.9. The molecule has 0 aromatic carbocycles. The van der Waals surface area contributed by atoms with Crippen LogP contribution >= 0.6 is 27.3 Å². The van der Waals surface area contributed by atoms with Gasteiger partial charge in [-0.2, -0.15) is 0 Å². The van der Waals surface area contributed by atoms with Crippen LogP contribution in [0.3, 0.4) is 0 Å². The van der Waals surface area contributed by atoms with Gasteiger partial charge in [0.05, 0.1) is 10.3 Å². The second kappa shape index (κ2) is 8.76. The molecule has 1 aliphatic rings. The van der Waals surface area contributed by atoms with Crippen LogP contribution in [0.15, 0.2) is 20.9 Å². The lowest BCUT2D eigenvalue weighted by molar-refractivity contribution is 0.206. The number of nitrogens with one attached hydrogen (secondary N) is 2. The summed E-state index contributed by atoms with van der Waals surface area (Å²) in [7, 11) is 1.84. The molecule has 1 aromatic heterocycles. The molecule has 21 heavy (non-hydrogen) atoms. The fourth-order valence-corrected chi connectivity index (χ4v) is 4.05. The van der Waals surface area contributed by atoms with Gasteiger partial charge in [-0.3, -0.25) is 4.99 Å². The predicted molar refractivity (Wildman–Crippen MR) is 95.1 cm³/mol. The van der Waals surface area contributed by atoms with E-state index in [4.69, 9.17) is 0 Å². The molecule has 2 heterocycles. The molecule has 0 bridgehead atoms. The molecule has 118 valence electrons. The molecule has 4 nitrogen and oxygen atoms in total. The largest absolute Gasteiger partial charge is 0.354 e. The van der Waals surface area contributed by atoms with Gasteiger partial charge < -0.3 is 15.5 Å². The summed E-state index contributed by atoms with van der Waals surface area (Å²) in [5, 5.41) is 6.95. The lowest BCUT2D eigenvalue weighted by Crippen LogP contribution is -2.48. The molecular formula is C15H25BrN4S. The van der Waals surface area contributed by atoms with Crippen molar-refractivity contribution in [2.75, 3.05) is 26.7 Å². The zero-order chi connectivity index (χ0) is 15.1. The van der Waals surface area contributed by atoms with E-state index in [9.17, 15) is 0 Å². The average Bonchev–Trinajstić information content (AvgIpc) is 2.91. The third kappa shape index (κ3) is 5.60. The van der Waals surface area contributed by atoms with E-state index in [1.807, 2.05) is 7.05 Å². The third-order valence-corrected chi connectivity index (χ3v) is 5.37. The van der Waals surface area contributed by atoms with Crippen molar-refractivity contribution in [3.63, 3.8) is 0 Å². The van der Waals surface area contributed by atoms with E-state index in [1.165, 1.54) is 47.6 Å². The van der Waals surface area contributed by atoms with E-state index >= 15 is 0 Å². The van der Waals surface area contributed by atoms with E-state index < -0.39 is 0 Å². The van der Waals surface area contributed by atoms with Gasteiger partial charge in [0.15, 0.2) is 5.96 Å². The Balaban J connectivity index is 1.73. The van der Waals surface area contributed by atoms with Crippen LogP contribution in [-0.4, -0.2) is 43.6 Å². The Kier molecular flexibility index (Phi) is 6.99. The second-order valence-corrected chi connectivity index (χ2v) is 7.94. The zero-order valence-corrected chi connectivity index (χ0v) is 15.3. The Hall–Kier alpha value is -0.590. The number of halogens is 1. The molecule has 2 rings (SSSR count). The molecule has 0 radical (unpaired) electrons. The van der Waals surface area contributed by atoms with Crippen molar-refractivity contribution in [3.05, 3.63) is 20.8 Å². The molecule has 0 spiro atoms. The number of rotatable bonds is 5. The number of piperidine rings is 1. The Morgan fingerprint density at radius 1 is 1.43 bits per heavy atom. The van der Waals surface area contributed by atoms with Gasteiger partial charge in [-0.05, 0) is 53.9 Å². The van der Waals surface area contributed by atoms with Crippen LogP contribution in [0.25, 0.3) is 0 Å². The molecule has 0 saturated carbocycles. The minimum atomic E-state index is 0.541. The maximum atomic E-state index is 4.33. The number of aliphatic imine (C=N–C) groups is 1. The van der Waals surface area contributed by atoms with Crippen LogP contribution < -0.4 is 10.6 Å². The standard InChI is InChI=1S/C15H25BrN4S/c1-3-8-20-9-6-12(7-10-20)19-15(17-2)18-11-13-4-5-14(16)21-13/h4-5,12H,3,6-11H2,1-2H3,(H2,17,18,19). The molecule has 2 N–H and O–H groups in total. The van der Waals surface area contributed by atoms with Gasteiger partial charge in [-0.25, -0.2) is 0 Å². The fourth-order valence-electron chi connectivity index (χ4n) is 2.62. The first-order chi connectivity index (χ1) is 10.2. The predicted octanol–water partition coefficient (Wildman–Crippen LogP) is 3.05. The van der Waals surface area contributed by atoms with Crippen LogP contribution in [0.2, 0.25) is 0 Å². The van der Waals surface area contributed by atoms with E-state index in [2.05, 4.69) is 55.5 Å². The smallest absolute Gasteiger partial charge is 0.191 e. The number of thiophene rings is 1. The lowest BCUT2D eigenvalue weighted by atomic mass is 10.1. The molecule has 0 aliphatic carbocycles. The molecule has 1 saturated heterocycles. The summed E-state index contributed by atoms with van der Waals surface area (Å²) in [4.78, 5) is 8.19. The Morgan fingerprint density at radius 3 is 2.76 bits per heavy atom. The fraction of sp³-hybridized carbons (Fsp3) is 0.667. The summed E-state index contributed by atoms with van der Waals surface area (Å²) in [5.41, 5.74) is 0. The minimum Gasteiger partial charge on any atom is -0.354 e. The summed E-state index contributed by atoms with van der Waals surface area (Å²) in [6.45, 7) is 6.69. The number of guanidine groups is 1. The third-order valence-electron chi connectivity index (χ3n) is 3.75. The number of hydrogen-bond donors (Lipinski definition) is 2. The first kappa shape index (κ1) is 16.8. The summed E-state index contributed by atoms with van der Waals surface area (Å²) in [6, 6.07) is 4.76. The van der Waals surface area contributed by atoms with Crippen molar-refractivity contribution in [1.82, 2.24) is 15.5 Å². The van der Waals surface area contributed by atoms with Crippen LogP contribution in [0.1, 0.15) is 31.1 Å². The first-order valence-electron chi connectivity index (χ1n) is 7.65. The van der Waals surface area contributed by atoms with Crippen molar-refractivity contribution in [3.8, 4) is 0 Å². The number of hydrogen-bond acceptors (Lipinski definition) is 3. The number of likely N-dealkylation sites (tertiary alicyclic amines) is 1. The van der Waals surface area contributed by atoms with Gasteiger partial charge in [0.1, 0.15) is 0 Å². The second-order valence-electron chi connectivity index (χ2n) is 5.39. The monoisotopic (exact) mass is 372 g/mol. The molecule has 1 fully saturated rings. The topological polar surface area (TPSA) is 39.7 Å². The van der Waals surface area contributed by atoms with Gasteiger partial charge in [0, 0.05) is 31.1 Å². The highest BCUT2D eigenvalue weighted by atomic mass is 79.9. The molecular weight excluding hydrogens is 348 g/mol. The Labute approximate surface area is 140 Å². The van der Waals surface area contributed by atoms with Crippen molar-refractivity contribution in [2.45, 2.75) is 38.8 Å². The maximum absolute atomic E-state index is 4.33. The molecule has 6 heteroatoms. The minimum absolute atomic E-state index is 0.541. The highest BCUT2D eigenvalue weighted by Crippen LogP contribution is 2.21. The maximum Gasteiger partial charge on any atom is 0.191 e. The van der Waals surface area contributed by atoms with E-state index in [-0.39, 0.29) is 0 Å². The molecule has 0 amide bonds. The highest BCUT2D eigenvalue weighted by Gasteiger charge is 2.19. The van der Waals surface area contributed by atoms with Crippen LogP contribution in [0.5, 0.6) is 0 Å².